The van der Waals surface area contributed by atoms with Crippen LogP contribution in [0.1, 0.15) is 32.8 Å². The summed E-state index contributed by atoms with van der Waals surface area (Å²) in [6.07, 6.45) is 0.563. The zero-order chi connectivity index (χ0) is 13.8. The summed E-state index contributed by atoms with van der Waals surface area (Å²) in [6, 6.07) is 7.81. The van der Waals surface area contributed by atoms with Crippen LogP contribution in [0, 0.1) is 5.41 Å². The second kappa shape index (κ2) is 5.89. The van der Waals surface area contributed by atoms with Gasteiger partial charge in [0.25, 0.3) is 0 Å². The van der Waals surface area contributed by atoms with E-state index in [0.29, 0.717) is 13.0 Å². The van der Waals surface area contributed by atoms with Crippen molar-refractivity contribution in [3.8, 4) is 5.75 Å². The number of amides is 1. The van der Waals surface area contributed by atoms with E-state index < -0.39 is 0 Å². The average molecular weight is 249 g/mol. The molecule has 1 rings (SSSR count). The van der Waals surface area contributed by atoms with Gasteiger partial charge in [0.1, 0.15) is 5.75 Å². The fourth-order valence-electron chi connectivity index (χ4n) is 1.72. The highest BCUT2D eigenvalue weighted by Gasteiger charge is 2.18. The van der Waals surface area contributed by atoms with Crippen LogP contribution in [0.15, 0.2) is 24.3 Å². The Balaban J connectivity index is 2.63. The number of benzene rings is 1. The maximum atomic E-state index is 12.0. The number of carbonyl (C=O) groups is 1. The Hall–Kier alpha value is -1.51. The van der Waals surface area contributed by atoms with Gasteiger partial charge in [-0.05, 0) is 23.1 Å². The Kier molecular flexibility index (Phi) is 4.76. The van der Waals surface area contributed by atoms with Crippen LogP contribution in [-0.2, 0) is 11.3 Å². The van der Waals surface area contributed by atoms with Crippen molar-refractivity contribution in [1.29, 1.82) is 0 Å². The lowest BCUT2D eigenvalue weighted by Gasteiger charge is -2.23. The van der Waals surface area contributed by atoms with Gasteiger partial charge in [-0.2, -0.15) is 0 Å². The van der Waals surface area contributed by atoms with Gasteiger partial charge in [0.05, 0.1) is 7.11 Å². The third-order valence-electron chi connectivity index (χ3n) is 2.66. The maximum Gasteiger partial charge on any atom is 0.223 e. The molecular weight excluding hydrogens is 226 g/mol. The van der Waals surface area contributed by atoms with Gasteiger partial charge in [-0.15, -0.1) is 0 Å². The van der Waals surface area contributed by atoms with Gasteiger partial charge in [0, 0.05) is 20.0 Å². The minimum atomic E-state index is 0.0275. The molecule has 100 valence electrons. The topological polar surface area (TPSA) is 29.5 Å². The number of carbonyl (C=O) groups excluding carboxylic acids is 1. The number of ether oxygens (including phenoxy) is 1. The van der Waals surface area contributed by atoms with E-state index in [2.05, 4.69) is 20.8 Å². The zero-order valence-electron chi connectivity index (χ0n) is 12.0. The quantitative estimate of drug-likeness (QED) is 0.820. The van der Waals surface area contributed by atoms with Crippen LogP contribution in [0.4, 0.5) is 0 Å². The minimum Gasteiger partial charge on any atom is -0.497 e. The first kappa shape index (κ1) is 14.6. The van der Waals surface area contributed by atoms with Crippen molar-refractivity contribution in [2.45, 2.75) is 33.7 Å². The average Bonchev–Trinajstić information content (AvgIpc) is 2.27. The molecule has 3 nitrogen and oxygen atoms in total. The van der Waals surface area contributed by atoms with E-state index >= 15 is 0 Å². The largest absolute Gasteiger partial charge is 0.497 e. The highest BCUT2D eigenvalue weighted by atomic mass is 16.5. The molecule has 0 aliphatic rings. The Bertz CT molecular complexity index is 407. The summed E-state index contributed by atoms with van der Waals surface area (Å²) in [5.41, 5.74) is 1.11. The van der Waals surface area contributed by atoms with E-state index in [1.54, 1.807) is 12.0 Å². The van der Waals surface area contributed by atoms with Gasteiger partial charge in [0.15, 0.2) is 0 Å². The molecule has 0 atom stereocenters. The smallest absolute Gasteiger partial charge is 0.223 e. The van der Waals surface area contributed by atoms with Gasteiger partial charge in [-0.1, -0.05) is 32.9 Å². The minimum absolute atomic E-state index is 0.0275. The van der Waals surface area contributed by atoms with Crippen LogP contribution in [0.3, 0.4) is 0 Å². The summed E-state index contributed by atoms with van der Waals surface area (Å²) in [5.74, 6) is 0.995. The molecule has 0 radical (unpaired) electrons. The Morgan fingerprint density at radius 2 is 2.00 bits per heavy atom. The van der Waals surface area contributed by atoms with Gasteiger partial charge < -0.3 is 9.64 Å². The fourth-order valence-corrected chi connectivity index (χ4v) is 1.72. The predicted molar refractivity (Wildman–Crippen MR) is 73.5 cm³/mol. The summed E-state index contributed by atoms with van der Waals surface area (Å²) >= 11 is 0. The fraction of sp³-hybridized carbons (Fsp3) is 0.533. The van der Waals surface area contributed by atoms with Crippen molar-refractivity contribution in [2.75, 3.05) is 14.2 Å². The predicted octanol–water partition coefficient (Wildman–Crippen LogP) is 3.09. The maximum absolute atomic E-state index is 12.0. The molecule has 0 aliphatic carbocycles. The molecule has 0 heterocycles. The molecule has 18 heavy (non-hydrogen) atoms. The third-order valence-corrected chi connectivity index (χ3v) is 2.66. The number of methoxy groups -OCH3 is 1. The lowest BCUT2D eigenvalue weighted by molar-refractivity contribution is -0.132. The standard InChI is InChI=1S/C15H23NO2/c1-15(2,3)10-14(17)16(4)11-12-7-6-8-13(9-12)18-5/h6-9H,10-11H2,1-5H3. The number of nitrogens with zero attached hydrogens (tertiary/aromatic N) is 1. The molecule has 0 fully saturated rings. The summed E-state index contributed by atoms with van der Waals surface area (Å²) in [7, 11) is 3.49. The molecule has 0 saturated carbocycles. The monoisotopic (exact) mass is 249 g/mol. The molecule has 1 aromatic rings. The molecule has 0 unspecified atom stereocenters. The van der Waals surface area contributed by atoms with Crippen LogP contribution in [-0.4, -0.2) is 25.0 Å². The molecule has 0 bridgehead atoms. The van der Waals surface area contributed by atoms with Crippen molar-refractivity contribution in [1.82, 2.24) is 4.90 Å². The van der Waals surface area contributed by atoms with Gasteiger partial charge >= 0.3 is 0 Å². The first-order valence-corrected chi connectivity index (χ1v) is 6.19. The van der Waals surface area contributed by atoms with Crippen molar-refractivity contribution in [3.63, 3.8) is 0 Å². The van der Waals surface area contributed by atoms with Gasteiger partial charge in [-0.3, -0.25) is 4.79 Å². The van der Waals surface area contributed by atoms with Crippen molar-refractivity contribution < 1.29 is 9.53 Å². The summed E-state index contributed by atoms with van der Waals surface area (Å²) < 4.78 is 5.17. The van der Waals surface area contributed by atoms with Crippen LogP contribution >= 0.6 is 0 Å². The van der Waals surface area contributed by atoms with E-state index in [1.165, 1.54) is 0 Å². The molecular formula is C15H23NO2. The van der Waals surface area contributed by atoms with E-state index in [4.69, 9.17) is 4.74 Å². The van der Waals surface area contributed by atoms with Gasteiger partial charge in [0.2, 0.25) is 5.91 Å². The van der Waals surface area contributed by atoms with Crippen LogP contribution < -0.4 is 4.74 Å². The number of hydrogen-bond donors (Lipinski definition) is 0. The highest BCUT2D eigenvalue weighted by molar-refractivity contribution is 5.76. The van der Waals surface area contributed by atoms with Crippen LogP contribution in [0.2, 0.25) is 0 Å². The SMILES string of the molecule is COc1cccc(CN(C)C(=O)CC(C)(C)C)c1. The zero-order valence-corrected chi connectivity index (χ0v) is 12.0. The van der Waals surface area contributed by atoms with Crippen molar-refractivity contribution >= 4 is 5.91 Å². The molecule has 0 aromatic heterocycles. The van der Waals surface area contributed by atoms with E-state index in [0.717, 1.165) is 11.3 Å². The van der Waals surface area contributed by atoms with Crippen LogP contribution in [0.25, 0.3) is 0 Å². The second-order valence-corrected chi connectivity index (χ2v) is 5.84. The lowest BCUT2D eigenvalue weighted by atomic mass is 9.91. The summed E-state index contributed by atoms with van der Waals surface area (Å²) in [4.78, 5) is 13.8. The Labute approximate surface area is 110 Å². The Morgan fingerprint density at radius 3 is 2.56 bits per heavy atom. The first-order chi connectivity index (χ1) is 8.31. The Morgan fingerprint density at radius 1 is 1.33 bits per heavy atom. The van der Waals surface area contributed by atoms with Gasteiger partial charge in [-0.25, -0.2) is 0 Å². The normalized spacial score (nSPS) is 11.2. The van der Waals surface area contributed by atoms with Crippen LogP contribution in [0.5, 0.6) is 5.75 Å². The molecule has 3 heteroatoms. The number of hydrogen-bond acceptors (Lipinski definition) is 2. The molecule has 0 aliphatic heterocycles. The molecule has 0 saturated heterocycles. The van der Waals surface area contributed by atoms with E-state index in [-0.39, 0.29) is 11.3 Å². The van der Waals surface area contributed by atoms with Crippen molar-refractivity contribution in [2.24, 2.45) is 5.41 Å². The third kappa shape index (κ3) is 4.78. The lowest BCUT2D eigenvalue weighted by Crippen LogP contribution is -2.29. The molecule has 0 N–H and O–H groups in total. The van der Waals surface area contributed by atoms with Crippen molar-refractivity contribution in [3.05, 3.63) is 29.8 Å². The van der Waals surface area contributed by atoms with E-state index in [1.807, 2.05) is 31.3 Å². The first-order valence-electron chi connectivity index (χ1n) is 6.19. The molecule has 1 aromatic carbocycles. The summed E-state index contributed by atoms with van der Waals surface area (Å²) in [6.45, 7) is 6.84. The highest BCUT2D eigenvalue weighted by Crippen LogP contribution is 2.20. The number of rotatable bonds is 4. The van der Waals surface area contributed by atoms with E-state index in [9.17, 15) is 4.79 Å². The molecule has 0 spiro atoms. The summed E-state index contributed by atoms with van der Waals surface area (Å²) in [5, 5.41) is 0. The second-order valence-electron chi connectivity index (χ2n) is 5.84. The molecule has 1 amide bonds.